The predicted molar refractivity (Wildman–Crippen MR) is 176 cm³/mol. The van der Waals surface area contributed by atoms with Crippen LogP contribution in [0.2, 0.25) is 0 Å². The molecule has 3 aliphatic rings. The van der Waals surface area contributed by atoms with Gasteiger partial charge in [0.25, 0.3) is 0 Å². The van der Waals surface area contributed by atoms with Crippen molar-refractivity contribution in [3.8, 4) is 11.8 Å². The van der Waals surface area contributed by atoms with Gasteiger partial charge in [-0.2, -0.15) is 9.97 Å². The van der Waals surface area contributed by atoms with Crippen molar-refractivity contribution in [2.24, 2.45) is 0 Å². The van der Waals surface area contributed by atoms with E-state index in [0.29, 0.717) is 11.0 Å². The Morgan fingerprint density at radius 2 is 1.41 bits per heavy atom. The molecule has 49 heavy (non-hydrogen) atoms. The van der Waals surface area contributed by atoms with Crippen LogP contribution >= 0.6 is 13.6 Å². The number of nitrogens with zero attached hydrogens (tertiary/aromatic N) is 8. The van der Waals surface area contributed by atoms with Gasteiger partial charge in [0.05, 0.1) is 19.3 Å². The van der Waals surface area contributed by atoms with Gasteiger partial charge < -0.3 is 28.0 Å². The van der Waals surface area contributed by atoms with Crippen molar-refractivity contribution in [3.05, 3.63) is 50.6 Å². The maximum atomic E-state index is 16.3. The smallest absolute Gasteiger partial charge is 0.472 e. The summed E-state index contributed by atoms with van der Waals surface area (Å²) in [6.45, 7) is 5.45. The van der Waals surface area contributed by atoms with Crippen LogP contribution in [0.5, 0.6) is 11.8 Å². The summed E-state index contributed by atoms with van der Waals surface area (Å²) in [7, 11) is -2.14. The van der Waals surface area contributed by atoms with Crippen molar-refractivity contribution in [3.63, 3.8) is 0 Å². The van der Waals surface area contributed by atoms with Gasteiger partial charge in [0.2, 0.25) is 23.6 Å². The van der Waals surface area contributed by atoms with Crippen molar-refractivity contribution < 1.29 is 45.8 Å². The molecule has 0 radical (unpaired) electrons. The molecule has 2 unspecified atom stereocenters. The van der Waals surface area contributed by atoms with Gasteiger partial charge in [0, 0.05) is 6.66 Å². The van der Waals surface area contributed by atoms with Gasteiger partial charge in [-0.05, 0) is 11.8 Å². The van der Waals surface area contributed by atoms with Crippen LogP contribution in [0.3, 0.4) is 0 Å². The summed E-state index contributed by atoms with van der Waals surface area (Å²) in [5.74, 6) is 0.403. The lowest BCUT2D eigenvalue weighted by atomic mass is 10.1. The Bertz CT molecular complexity index is 1940. The summed E-state index contributed by atoms with van der Waals surface area (Å²) >= 11 is 11.1. The second kappa shape index (κ2) is 14.3. The van der Waals surface area contributed by atoms with Crippen LogP contribution in [0.1, 0.15) is 12.5 Å². The Hall–Kier alpha value is -3.03. The molecule has 16 nitrogen and oxygen atoms in total. The van der Waals surface area contributed by atoms with E-state index in [1.807, 2.05) is 0 Å². The zero-order valence-electron chi connectivity index (χ0n) is 25.6. The first-order valence-electron chi connectivity index (χ1n) is 14.8. The monoisotopic (exact) mass is 757 g/mol. The maximum absolute atomic E-state index is 16.3. The van der Waals surface area contributed by atoms with Gasteiger partial charge in [0.15, 0.2) is 59.7 Å². The third-order valence-corrected chi connectivity index (χ3v) is 10.9. The molecule has 0 N–H and O–H groups in total. The van der Waals surface area contributed by atoms with Crippen LogP contribution in [0.4, 0.5) is 8.78 Å². The number of ether oxygens (including phenoxy) is 4. The Kier molecular flexibility index (Phi) is 10.0. The van der Waals surface area contributed by atoms with Gasteiger partial charge in [0.1, 0.15) is 50.8 Å². The minimum Gasteiger partial charge on any atom is -0.472 e. The first-order valence-corrected chi connectivity index (χ1v) is 20.1. The summed E-state index contributed by atoms with van der Waals surface area (Å²) < 4.78 is 82.6. The Labute approximate surface area is 288 Å². The molecule has 7 rings (SSSR count). The first-order chi connectivity index (χ1) is 23.7. The predicted octanol–water partition coefficient (Wildman–Crippen LogP) is 3.80. The van der Waals surface area contributed by atoms with Crippen LogP contribution in [0, 0.1) is 0 Å². The molecule has 0 amide bonds. The van der Waals surface area contributed by atoms with Gasteiger partial charge >= 0.3 is 7.15 Å². The van der Waals surface area contributed by atoms with E-state index in [4.69, 9.17) is 60.7 Å². The van der Waals surface area contributed by atoms with Crippen LogP contribution in [-0.2, 0) is 51.2 Å². The lowest BCUT2D eigenvalue weighted by Crippen LogP contribution is -2.36. The fraction of sp³-hybridized carbons (Fsp3) is 0.481. The number of hydrogen-bond acceptors (Lipinski definition) is 16. The number of fused-ring (bicyclic) bond motifs is 4. The Morgan fingerprint density at radius 3 is 1.96 bits per heavy atom. The molecule has 3 saturated heterocycles. The van der Waals surface area contributed by atoms with Crippen LogP contribution < -0.4 is 9.47 Å². The molecule has 0 aromatic carbocycles. The number of hydrogen-bond donors (Lipinski definition) is 0. The van der Waals surface area contributed by atoms with Gasteiger partial charge in [-0.1, -0.05) is 25.3 Å². The van der Waals surface area contributed by atoms with E-state index >= 15 is 8.78 Å². The highest BCUT2D eigenvalue weighted by atomic mass is 32.5. The zero-order valence-corrected chi connectivity index (χ0v) is 29.1. The SMILES string of the molecule is C=CCOc1ncnc2c1ncn2[C@@H]1O[C@@H]2COP(C)(=S)O[C@H]3[C@@H](F)[C@H](n4cnc5c(OCC=C)ncnc54)O[C@@H]3CO[P+](=S)O[C@H]2[C@H]1F. The summed E-state index contributed by atoms with van der Waals surface area (Å²) in [6.07, 6.45) is -2.08. The van der Waals surface area contributed by atoms with E-state index in [9.17, 15) is 0 Å². The second-order valence-electron chi connectivity index (χ2n) is 11.0. The molecule has 4 aromatic heterocycles. The molecule has 10 atom stereocenters. The second-order valence-corrected chi connectivity index (χ2v) is 16.8. The number of imidazole rings is 2. The highest BCUT2D eigenvalue weighted by Gasteiger charge is 2.54. The molecule has 0 saturated carbocycles. The van der Waals surface area contributed by atoms with E-state index in [2.05, 4.69) is 43.1 Å². The minimum atomic E-state index is -3.20. The molecule has 3 aliphatic heterocycles. The molecular formula is C27H29F2N8O8P2S2+. The quantitative estimate of drug-likeness (QED) is 0.188. The van der Waals surface area contributed by atoms with Crippen molar-refractivity contribution >= 4 is 59.6 Å². The van der Waals surface area contributed by atoms with Crippen LogP contribution in [0.25, 0.3) is 22.3 Å². The molecule has 22 heteroatoms. The third-order valence-electron chi connectivity index (χ3n) is 7.75. The Morgan fingerprint density at radius 1 is 0.878 bits per heavy atom. The van der Waals surface area contributed by atoms with Crippen molar-refractivity contribution in [1.29, 1.82) is 0 Å². The zero-order chi connectivity index (χ0) is 34.3. The molecule has 7 heterocycles. The lowest BCUT2D eigenvalue weighted by molar-refractivity contribution is -0.0503. The van der Waals surface area contributed by atoms with Gasteiger partial charge in [-0.3, -0.25) is 9.13 Å². The van der Waals surface area contributed by atoms with Gasteiger partial charge in [-0.15, -0.1) is 9.05 Å². The molecule has 3 fully saturated rings. The Balaban J connectivity index is 1.11. The number of rotatable bonds is 8. The fourth-order valence-corrected chi connectivity index (χ4v) is 8.52. The largest absolute Gasteiger partial charge is 0.522 e. The topological polar surface area (TPSA) is 161 Å². The average Bonchev–Trinajstić information content (AvgIpc) is 3.85. The van der Waals surface area contributed by atoms with Crippen LogP contribution in [0.15, 0.2) is 50.6 Å². The van der Waals surface area contributed by atoms with E-state index in [-0.39, 0.29) is 49.5 Å². The third kappa shape index (κ3) is 6.74. The lowest BCUT2D eigenvalue weighted by Gasteiger charge is -2.27. The molecule has 0 aliphatic carbocycles. The van der Waals surface area contributed by atoms with E-state index < -0.39 is 62.9 Å². The van der Waals surface area contributed by atoms with Crippen LogP contribution in [-0.4, -0.2) is 109 Å². The highest BCUT2D eigenvalue weighted by Crippen LogP contribution is 2.52. The van der Waals surface area contributed by atoms with E-state index in [1.54, 1.807) is 12.2 Å². The maximum Gasteiger partial charge on any atom is 0.522 e. The fourth-order valence-electron chi connectivity index (χ4n) is 5.60. The van der Waals surface area contributed by atoms with Crippen molar-refractivity contribution in [1.82, 2.24) is 39.0 Å². The molecule has 0 bridgehead atoms. The van der Waals surface area contributed by atoms with E-state index in [1.165, 1.54) is 41.1 Å². The summed E-state index contributed by atoms with van der Waals surface area (Å²) in [6, 6.07) is 0. The van der Waals surface area contributed by atoms with Crippen molar-refractivity contribution in [2.45, 2.75) is 49.2 Å². The summed E-state index contributed by atoms with van der Waals surface area (Å²) in [5.41, 5.74) is 1.15. The van der Waals surface area contributed by atoms with Gasteiger partial charge in [-0.25, -0.2) is 28.7 Å². The average molecular weight is 758 g/mol. The number of alkyl halides is 2. The highest BCUT2D eigenvalue weighted by molar-refractivity contribution is 8.09. The summed E-state index contributed by atoms with van der Waals surface area (Å²) in [4.78, 5) is 25.3. The first kappa shape index (κ1) is 34.4. The number of halogens is 2. The molecule has 260 valence electrons. The minimum absolute atomic E-state index is 0.186. The normalized spacial score (nSPS) is 33.0. The summed E-state index contributed by atoms with van der Waals surface area (Å²) in [5, 5.41) is 0. The van der Waals surface area contributed by atoms with Crippen molar-refractivity contribution in [2.75, 3.05) is 33.1 Å². The molecule has 4 aromatic rings. The molecular weight excluding hydrogens is 728 g/mol. The molecule has 0 spiro atoms. The number of aromatic nitrogens is 8. The van der Waals surface area contributed by atoms with E-state index in [0.717, 1.165) is 0 Å². The standard InChI is InChI=1S/C27H29F2N8O8P2S2/c1-4-6-38-24-18-22(30-10-32-24)36(12-34-18)26-16(28)20-15(43-26)9-41-47(3,49)45-21-14(8-40-46(48)44-20)42-27(17(21)29)37-13-35-19-23(37)31-11-33-25(19)39-7-5-2/h4-5,10-17,20-21,26-27H,1-2,6-9H2,3H3/q+1/t14-,15-,16-,17-,20-,21-,26-,27-,47?/m1/s1.